The number of amides is 2. The van der Waals surface area contributed by atoms with Gasteiger partial charge in [-0.05, 0) is 24.1 Å². The van der Waals surface area contributed by atoms with E-state index < -0.39 is 5.91 Å². The molecule has 0 saturated heterocycles. The van der Waals surface area contributed by atoms with E-state index in [1.165, 1.54) is 11.9 Å². The lowest BCUT2D eigenvalue weighted by Gasteiger charge is -2.05. The fraction of sp³-hybridized carbons (Fsp3) is 0.214. The van der Waals surface area contributed by atoms with Crippen molar-refractivity contribution >= 4 is 17.6 Å². The summed E-state index contributed by atoms with van der Waals surface area (Å²) in [6, 6.07) is 7.32. The Morgan fingerprint density at radius 2 is 2.00 bits per heavy atom. The molecule has 0 radical (unpaired) electrons. The Morgan fingerprint density at radius 1 is 1.30 bits per heavy atom. The van der Waals surface area contributed by atoms with Gasteiger partial charge in [0.15, 0.2) is 5.82 Å². The molecule has 1 aromatic carbocycles. The molecule has 0 saturated carbocycles. The fourth-order valence-corrected chi connectivity index (χ4v) is 1.87. The number of carbonyl (C=O) groups excluding carboxylic acids is 2. The second kappa shape index (κ2) is 6.01. The predicted molar refractivity (Wildman–Crippen MR) is 75.5 cm³/mol. The van der Waals surface area contributed by atoms with Crippen LogP contribution in [0.3, 0.4) is 0 Å². The first-order chi connectivity index (χ1) is 9.61. The molecule has 2 aromatic rings. The standard InChI is InChI=1S/C14H16N4O2/c1-2-3-9-4-6-10(7-5-9)14(20)18-13-11(12(15)19)16-8-17-13/h4-8H,2-3H2,1H3,(H2,15,19)(H,16,17)(H,18,20). The molecule has 0 fully saturated rings. The van der Waals surface area contributed by atoms with Crippen LogP contribution in [0.4, 0.5) is 5.82 Å². The number of carbonyl (C=O) groups is 2. The number of aromatic nitrogens is 2. The van der Waals surface area contributed by atoms with Gasteiger partial charge in [-0.15, -0.1) is 0 Å². The smallest absolute Gasteiger partial charge is 0.269 e. The van der Waals surface area contributed by atoms with Gasteiger partial charge in [-0.2, -0.15) is 0 Å². The molecular weight excluding hydrogens is 256 g/mol. The summed E-state index contributed by atoms with van der Waals surface area (Å²) in [5.74, 6) is -0.862. The molecule has 1 heterocycles. The third-order valence-electron chi connectivity index (χ3n) is 2.87. The molecule has 0 aliphatic rings. The topological polar surface area (TPSA) is 101 Å². The van der Waals surface area contributed by atoms with Crippen molar-refractivity contribution in [3.8, 4) is 0 Å². The zero-order valence-corrected chi connectivity index (χ0v) is 11.1. The summed E-state index contributed by atoms with van der Waals surface area (Å²) >= 11 is 0. The molecule has 0 spiro atoms. The lowest BCUT2D eigenvalue weighted by atomic mass is 10.1. The second-order valence-corrected chi connectivity index (χ2v) is 4.39. The van der Waals surface area contributed by atoms with E-state index in [-0.39, 0.29) is 17.4 Å². The van der Waals surface area contributed by atoms with Crippen LogP contribution in [0.15, 0.2) is 30.6 Å². The lowest BCUT2D eigenvalue weighted by molar-refractivity contribution is 0.0997. The van der Waals surface area contributed by atoms with Crippen LogP contribution in [0, 0.1) is 0 Å². The summed E-state index contributed by atoms with van der Waals surface area (Å²) < 4.78 is 0. The first-order valence-electron chi connectivity index (χ1n) is 6.35. The molecule has 104 valence electrons. The molecule has 0 atom stereocenters. The van der Waals surface area contributed by atoms with Crippen molar-refractivity contribution in [1.82, 2.24) is 9.97 Å². The number of aryl methyl sites for hydroxylation is 1. The van der Waals surface area contributed by atoms with Crippen molar-refractivity contribution < 1.29 is 9.59 Å². The Balaban J connectivity index is 2.11. The highest BCUT2D eigenvalue weighted by Gasteiger charge is 2.14. The van der Waals surface area contributed by atoms with Crippen LogP contribution in [0.25, 0.3) is 0 Å². The summed E-state index contributed by atoms with van der Waals surface area (Å²) in [4.78, 5) is 29.6. The largest absolute Gasteiger partial charge is 0.364 e. The average molecular weight is 272 g/mol. The number of nitrogens with one attached hydrogen (secondary N) is 2. The number of anilines is 1. The number of benzene rings is 1. The van der Waals surface area contributed by atoms with Crippen LogP contribution < -0.4 is 11.1 Å². The number of primary amides is 1. The maximum atomic E-state index is 12.0. The fourth-order valence-electron chi connectivity index (χ4n) is 1.87. The van der Waals surface area contributed by atoms with E-state index >= 15 is 0 Å². The minimum Gasteiger partial charge on any atom is -0.364 e. The van der Waals surface area contributed by atoms with Crippen molar-refractivity contribution in [1.29, 1.82) is 0 Å². The number of rotatable bonds is 5. The monoisotopic (exact) mass is 272 g/mol. The number of hydrogen-bond donors (Lipinski definition) is 3. The van der Waals surface area contributed by atoms with Crippen molar-refractivity contribution in [2.75, 3.05) is 5.32 Å². The van der Waals surface area contributed by atoms with E-state index in [4.69, 9.17) is 5.73 Å². The van der Waals surface area contributed by atoms with E-state index in [2.05, 4.69) is 22.2 Å². The Bertz CT molecular complexity index is 616. The Hall–Kier alpha value is -2.63. The van der Waals surface area contributed by atoms with E-state index in [9.17, 15) is 9.59 Å². The number of aromatic amines is 1. The molecular formula is C14H16N4O2. The van der Waals surface area contributed by atoms with Crippen molar-refractivity contribution in [2.24, 2.45) is 5.73 Å². The van der Waals surface area contributed by atoms with Gasteiger partial charge in [0, 0.05) is 5.56 Å². The average Bonchev–Trinajstić information content (AvgIpc) is 2.88. The Kier molecular flexibility index (Phi) is 4.14. The summed E-state index contributed by atoms with van der Waals surface area (Å²) in [7, 11) is 0. The van der Waals surface area contributed by atoms with Gasteiger partial charge in [0.2, 0.25) is 0 Å². The second-order valence-electron chi connectivity index (χ2n) is 4.39. The van der Waals surface area contributed by atoms with Gasteiger partial charge in [-0.25, -0.2) is 4.98 Å². The van der Waals surface area contributed by atoms with Gasteiger partial charge in [0.05, 0.1) is 6.33 Å². The van der Waals surface area contributed by atoms with Crippen molar-refractivity contribution in [3.63, 3.8) is 0 Å². The Morgan fingerprint density at radius 3 is 2.60 bits per heavy atom. The number of nitrogens with zero attached hydrogens (tertiary/aromatic N) is 1. The zero-order chi connectivity index (χ0) is 14.5. The van der Waals surface area contributed by atoms with Gasteiger partial charge >= 0.3 is 0 Å². The van der Waals surface area contributed by atoms with Gasteiger partial charge in [-0.1, -0.05) is 25.5 Å². The number of hydrogen-bond acceptors (Lipinski definition) is 3. The molecule has 4 N–H and O–H groups in total. The third-order valence-corrected chi connectivity index (χ3v) is 2.87. The minimum atomic E-state index is -0.670. The van der Waals surface area contributed by atoms with E-state index in [1.54, 1.807) is 12.1 Å². The molecule has 0 aliphatic heterocycles. The molecule has 0 bridgehead atoms. The Labute approximate surface area is 116 Å². The molecule has 6 heteroatoms. The molecule has 1 aromatic heterocycles. The van der Waals surface area contributed by atoms with Crippen LogP contribution in [-0.2, 0) is 6.42 Å². The highest BCUT2D eigenvalue weighted by Crippen LogP contribution is 2.12. The summed E-state index contributed by atoms with van der Waals surface area (Å²) in [5, 5.41) is 2.56. The summed E-state index contributed by atoms with van der Waals surface area (Å²) in [6.07, 6.45) is 3.34. The van der Waals surface area contributed by atoms with E-state index in [0.717, 1.165) is 12.8 Å². The molecule has 2 amide bonds. The maximum Gasteiger partial charge on any atom is 0.269 e. The minimum absolute atomic E-state index is 0.0842. The van der Waals surface area contributed by atoms with E-state index in [1.807, 2.05) is 12.1 Å². The highest BCUT2D eigenvalue weighted by molar-refractivity contribution is 6.07. The number of H-pyrrole nitrogens is 1. The van der Waals surface area contributed by atoms with Crippen LogP contribution in [-0.4, -0.2) is 21.8 Å². The van der Waals surface area contributed by atoms with Crippen LogP contribution >= 0.6 is 0 Å². The van der Waals surface area contributed by atoms with Crippen LogP contribution in [0.2, 0.25) is 0 Å². The van der Waals surface area contributed by atoms with Crippen LogP contribution in [0.1, 0.15) is 39.8 Å². The normalized spacial score (nSPS) is 10.2. The number of nitrogens with two attached hydrogens (primary N) is 1. The first kappa shape index (κ1) is 13.8. The highest BCUT2D eigenvalue weighted by atomic mass is 16.2. The predicted octanol–water partition coefficient (Wildman–Crippen LogP) is 1.71. The van der Waals surface area contributed by atoms with Gasteiger partial charge in [-0.3, -0.25) is 9.59 Å². The van der Waals surface area contributed by atoms with Crippen LogP contribution in [0.5, 0.6) is 0 Å². The van der Waals surface area contributed by atoms with Crippen molar-refractivity contribution in [3.05, 3.63) is 47.4 Å². The lowest BCUT2D eigenvalue weighted by Crippen LogP contribution is -2.18. The summed E-state index contributed by atoms with van der Waals surface area (Å²) in [5.41, 5.74) is 6.93. The van der Waals surface area contributed by atoms with E-state index in [0.29, 0.717) is 5.56 Å². The zero-order valence-electron chi connectivity index (χ0n) is 11.1. The molecule has 20 heavy (non-hydrogen) atoms. The molecule has 0 aliphatic carbocycles. The van der Waals surface area contributed by atoms with Gasteiger partial charge in [0.1, 0.15) is 5.69 Å². The molecule has 2 rings (SSSR count). The molecule has 6 nitrogen and oxygen atoms in total. The van der Waals surface area contributed by atoms with Gasteiger partial charge < -0.3 is 16.0 Å². The van der Waals surface area contributed by atoms with Crippen molar-refractivity contribution in [2.45, 2.75) is 19.8 Å². The quantitative estimate of drug-likeness (QED) is 0.772. The van der Waals surface area contributed by atoms with Gasteiger partial charge in [0.25, 0.3) is 11.8 Å². The first-order valence-corrected chi connectivity index (χ1v) is 6.35. The maximum absolute atomic E-state index is 12.0. The number of imidazole rings is 1. The SMILES string of the molecule is CCCc1ccc(C(=O)Nc2nc[nH]c2C(N)=O)cc1. The summed E-state index contributed by atoms with van der Waals surface area (Å²) in [6.45, 7) is 2.10. The molecule has 0 unspecified atom stereocenters. The third kappa shape index (κ3) is 3.03.